The number of nitrogens with zero attached hydrogens (tertiary/aromatic N) is 1. The van der Waals surface area contributed by atoms with Gasteiger partial charge in [-0.1, -0.05) is 18.2 Å². The first-order valence-corrected chi connectivity index (χ1v) is 9.85. The number of benzene rings is 2. The molecule has 5 nitrogen and oxygen atoms in total. The molecule has 0 unspecified atom stereocenters. The Bertz CT molecular complexity index is 882. The van der Waals surface area contributed by atoms with Gasteiger partial charge in [-0.3, -0.25) is 4.79 Å². The number of rotatable bonds is 5. The van der Waals surface area contributed by atoms with Gasteiger partial charge in [0.05, 0.1) is 27.9 Å². The molecular formula is C19H17IN2O3S. The normalized spacial score (nSPS) is 16.8. The average Bonchev–Trinajstić information content (AvgIpc) is 2.95. The highest BCUT2D eigenvalue weighted by Gasteiger charge is 2.24. The average molecular weight is 480 g/mol. The summed E-state index contributed by atoms with van der Waals surface area (Å²) >= 11 is 3.52. The predicted octanol–water partition coefficient (Wildman–Crippen LogP) is 4.59. The molecule has 2 aromatic rings. The molecule has 0 spiro atoms. The van der Waals surface area contributed by atoms with Crippen molar-refractivity contribution in [1.82, 2.24) is 5.32 Å². The highest BCUT2D eigenvalue weighted by atomic mass is 127. The Hall–Kier alpha value is -2.00. The Morgan fingerprint density at radius 1 is 1.27 bits per heavy atom. The smallest absolute Gasteiger partial charge is 0.264 e. The fourth-order valence-electron chi connectivity index (χ4n) is 2.38. The van der Waals surface area contributed by atoms with Gasteiger partial charge in [0.25, 0.3) is 5.91 Å². The van der Waals surface area contributed by atoms with E-state index in [2.05, 4.69) is 32.9 Å². The van der Waals surface area contributed by atoms with Gasteiger partial charge in [-0.15, -0.1) is 0 Å². The van der Waals surface area contributed by atoms with Gasteiger partial charge in [-0.25, -0.2) is 4.99 Å². The largest absolute Gasteiger partial charge is 0.492 e. The van der Waals surface area contributed by atoms with Gasteiger partial charge in [-0.05, 0) is 77.2 Å². The number of para-hydroxylation sites is 1. The molecule has 1 aliphatic heterocycles. The number of thioether (sulfide) groups is 1. The Morgan fingerprint density at radius 2 is 2.04 bits per heavy atom. The SMILES string of the molecule is CCOc1cc(C=C2SC(=Nc3ccccc3)NC2=O)cc(I)c1OC. The van der Waals surface area contributed by atoms with Gasteiger partial charge < -0.3 is 14.8 Å². The molecule has 134 valence electrons. The molecule has 7 heteroatoms. The van der Waals surface area contributed by atoms with Crippen molar-refractivity contribution in [2.45, 2.75) is 6.92 Å². The van der Waals surface area contributed by atoms with Crippen molar-refractivity contribution in [2.75, 3.05) is 13.7 Å². The summed E-state index contributed by atoms with van der Waals surface area (Å²) in [6.45, 7) is 2.46. The van der Waals surface area contributed by atoms with Crippen LogP contribution in [0.3, 0.4) is 0 Å². The van der Waals surface area contributed by atoms with Crippen LogP contribution in [0.4, 0.5) is 5.69 Å². The summed E-state index contributed by atoms with van der Waals surface area (Å²) in [4.78, 5) is 17.3. The second-order valence-electron chi connectivity index (χ2n) is 5.28. The van der Waals surface area contributed by atoms with Gasteiger partial charge in [0, 0.05) is 0 Å². The maximum Gasteiger partial charge on any atom is 0.264 e. The Balaban J connectivity index is 1.88. The number of methoxy groups -OCH3 is 1. The number of amidine groups is 1. The van der Waals surface area contributed by atoms with E-state index in [0.29, 0.717) is 28.2 Å². The molecule has 1 N–H and O–H groups in total. The van der Waals surface area contributed by atoms with Crippen LogP contribution in [0, 0.1) is 3.57 Å². The molecule has 0 atom stereocenters. The maximum atomic E-state index is 12.3. The summed E-state index contributed by atoms with van der Waals surface area (Å²) in [6, 6.07) is 13.4. The van der Waals surface area contributed by atoms with E-state index in [1.165, 1.54) is 11.8 Å². The van der Waals surface area contributed by atoms with E-state index in [4.69, 9.17) is 9.47 Å². The zero-order valence-corrected chi connectivity index (χ0v) is 17.3. The summed E-state index contributed by atoms with van der Waals surface area (Å²) in [6.07, 6.45) is 1.83. The lowest BCUT2D eigenvalue weighted by molar-refractivity contribution is -0.115. The molecule has 0 aliphatic carbocycles. The molecule has 2 aromatic carbocycles. The first kappa shape index (κ1) is 18.8. The molecule has 0 aromatic heterocycles. The third-order valence-corrected chi connectivity index (χ3v) is 5.18. The van der Waals surface area contributed by atoms with E-state index in [0.717, 1.165) is 14.8 Å². The molecule has 0 radical (unpaired) electrons. The fourth-order valence-corrected chi connectivity index (χ4v) is 4.07. The topological polar surface area (TPSA) is 59.9 Å². The predicted molar refractivity (Wildman–Crippen MR) is 114 cm³/mol. The molecule has 1 fully saturated rings. The van der Waals surface area contributed by atoms with Crippen molar-refractivity contribution in [1.29, 1.82) is 0 Å². The zero-order chi connectivity index (χ0) is 18.5. The van der Waals surface area contributed by atoms with Crippen LogP contribution in [0.2, 0.25) is 0 Å². The highest BCUT2D eigenvalue weighted by molar-refractivity contribution is 14.1. The molecular weight excluding hydrogens is 463 g/mol. The van der Waals surface area contributed by atoms with Crippen molar-refractivity contribution < 1.29 is 14.3 Å². The number of nitrogens with one attached hydrogen (secondary N) is 1. The fraction of sp³-hybridized carbons (Fsp3) is 0.158. The number of aliphatic imine (C=N–C) groups is 1. The molecule has 1 aliphatic rings. The standard InChI is InChI=1S/C19H17IN2O3S/c1-3-25-15-10-12(9-14(20)17(15)24-2)11-16-18(23)22-19(26-16)21-13-7-5-4-6-8-13/h4-11H,3H2,1-2H3,(H,21,22,23). The molecule has 1 saturated heterocycles. The minimum absolute atomic E-state index is 0.159. The first-order valence-electron chi connectivity index (χ1n) is 7.95. The number of hydrogen-bond acceptors (Lipinski definition) is 5. The zero-order valence-electron chi connectivity index (χ0n) is 14.3. The van der Waals surface area contributed by atoms with E-state index < -0.39 is 0 Å². The van der Waals surface area contributed by atoms with Crippen molar-refractivity contribution >= 4 is 57.2 Å². The maximum absolute atomic E-state index is 12.3. The van der Waals surface area contributed by atoms with Crippen LogP contribution in [0.1, 0.15) is 12.5 Å². The quantitative estimate of drug-likeness (QED) is 0.503. The van der Waals surface area contributed by atoms with E-state index in [-0.39, 0.29) is 5.91 Å². The van der Waals surface area contributed by atoms with E-state index >= 15 is 0 Å². The summed E-state index contributed by atoms with van der Waals surface area (Å²) in [5, 5.41) is 3.37. The second-order valence-corrected chi connectivity index (χ2v) is 7.48. The monoisotopic (exact) mass is 480 g/mol. The number of hydrogen-bond donors (Lipinski definition) is 1. The Labute approximate surface area is 170 Å². The molecule has 0 saturated carbocycles. The third-order valence-electron chi connectivity index (χ3n) is 3.47. The lowest BCUT2D eigenvalue weighted by Crippen LogP contribution is -2.19. The van der Waals surface area contributed by atoms with Crippen LogP contribution in [0.25, 0.3) is 6.08 Å². The van der Waals surface area contributed by atoms with Crippen molar-refractivity contribution in [3.8, 4) is 11.5 Å². The number of ether oxygens (including phenoxy) is 2. The number of carbonyl (C=O) groups is 1. The lowest BCUT2D eigenvalue weighted by Gasteiger charge is -2.12. The number of halogens is 1. The van der Waals surface area contributed by atoms with E-state index in [9.17, 15) is 4.79 Å². The number of carbonyl (C=O) groups excluding carboxylic acids is 1. The number of amides is 1. The van der Waals surface area contributed by atoms with Crippen molar-refractivity contribution in [3.63, 3.8) is 0 Å². The van der Waals surface area contributed by atoms with Gasteiger partial charge in [-0.2, -0.15) is 0 Å². The van der Waals surface area contributed by atoms with Gasteiger partial charge >= 0.3 is 0 Å². The summed E-state index contributed by atoms with van der Waals surface area (Å²) in [7, 11) is 1.62. The molecule has 26 heavy (non-hydrogen) atoms. The van der Waals surface area contributed by atoms with E-state index in [1.54, 1.807) is 7.11 Å². The second kappa shape index (κ2) is 8.59. The van der Waals surface area contributed by atoms with Crippen LogP contribution in [0.5, 0.6) is 11.5 Å². The van der Waals surface area contributed by atoms with Gasteiger partial charge in [0.2, 0.25) is 0 Å². The molecule has 1 amide bonds. The molecule has 3 rings (SSSR count). The first-order chi connectivity index (χ1) is 12.6. The molecule has 0 bridgehead atoms. The van der Waals surface area contributed by atoms with Gasteiger partial charge in [0.1, 0.15) is 0 Å². The van der Waals surface area contributed by atoms with Crippen LogP contribution < -0.4 is 14.8 Å². The van der Waals surface area contributed by atoms with Crippen LogP contribution in [-0.2, 0) is 4.79 Å². The Kier molecular flexibility index (Phi) is 6.20. The van der Waals surface area contributed by atoms with E-state index in [1.807, 2.05) is 55.5 Å². The summed E-state index contributed by atoms with van der Waals surface area (Å²) in [5.41, 5.74) is 1.67. The van der Waals surface area contributed by atoms with Gasteiger partial charge in [0.15, 0.2) is 16.7 Å². The summed E-state index contributed by atoms with van der Waals surface area (Å²) in [5.74, 6) is 1.20. The molecule has 1 heterocycles. The lowest BCUT2D eigenvalue weighted by atomic mass is 10.2. The van der Waals surface area contributed by atoms with Crippen LogP contribution >= 0.6 is 34.4 Å². The Morgan fingerprint density at radius 3 is 2.73 bits per heavy atom. The summed E-state index contributed by atoms with van der Waals surface area (Å²) < 4.78 is 12.0. The third kappa shape index (κ3) is 4.39. The van der Waals surface area contributed by atoms with Crippen LogP contribution in [-0.4, -0.2) is 24.8 Å². The highest BCUT2D eigenvalue weighted by Crippen LogP contribution is 2.36. The minimum Gasteiger partial charge on any atom is -0.492 e. The minimum atomic E-state index is -0.159. The van der Waals surface area contributed by atoms with Crippen LogP contribution in [0.15, 0.2) is 52.4 Å². The van der Waals surface area contributed by atoms with Crippen molar-refractivity contribution in [3.05, 3.63) is 56.5 Å². The van der Waals surface area contributed by atoms with Crippen molar-refractivity contribution in [2.24, 2.45) is 4.99 Å².